The molecule has 2 saturated heterocycles. The lowest BCUT2D eigenvalue weighted by Crippen LogP contribution is -2.49. The van der Waals surface area contributed by atoms with Crippen molar-refractivity contribution < 1.29 is 9.53 Å². The van der Waals surface area contributed by atoms with Crippen LogP contribution in [-0.2, 0) is 4.79 Å². The van der Waals surface area contributed by atoms with Crippen molar-refractivity contribution in [3.8, 4) is 5.75 Å². The minimum Gasteiger partial charge on any atom is -0.496 e. The topological polar surface area (TPSA) is 36.0 Å². The molecule has 0 radical (unpaired) electrons. The van der Waals surface area contributed by atoms with Gasteiger partial charge >= 0.3 is 0 Å². The van der Waals surface area contributed by atoms with Crippen molar-refractivity contribution in [3.05, 3.63) is 29.8 Å². The first kappa shape index (κ1) is 17.2. The first-order valence-corrected chi connectivity index (χ1v) is 9.02. The highest BCUT2D eigenvalue weighted by atomic mass is 16.5. The molecule has 5 heteroatoms. The summed E-state index contributed by atoms with van der Waals surface area (Å²) in [4.78, 5) is 19.4. The molecule has 2 aliphatic rings. The fraction of sp³-hybridized carbons (Fsp3) is 0.632. The predicted molar refractivity (Wildman–Crippen MR) is 95.2 cm³/mol. The molecule has 2 aliphatic heterocycles. The third-order valence-corrected chi connectivity index (χ3v) is 5.34. The van der Waals surface area contributed by atoms with Crippen LogP contribution in [0.25, 0.3) is 0 Å². The molecule has 1 atom stereocenters. The van der Waals surface area contributed by atoms with Crippen LogP contribution in [0.3, 0.4) is 0 Å². The first-order valence-electron chi connectivity index (χ1n) is 9.02. The molecule has 24 heavy (non-hydrogen) atoms. The van der Waals surface area contributed by atoms with Gasteiger partial charge in [0.25, 0.3) is 0 Å². The highest BCUT2D eigenvalue weighted by Gasteiger charge is 2.30. The van der Waals surface area contributed by atoms with Crippen LogP contribution >= 0.6 is 0 Å². The Balaban J connectivity index is 1.63. The number of piperazine rings is 1. The lowest BCUT2D eigenvalue weighted by Gasteiger charge is -2.40. The molecule has 0 unspecified atom stereocenters. The summed E-state index contributed by atoms with van der Waals surface area (Å²) < 4.78 is 5.52. The number of likely N-dealkylation sites (N-methyl/N-ethyl adjacent to an activating group) is 1. The molecule has 0 spiro atoms. The summed E-state index contributed by atoms with van der Waals surface area (Å²) in [5.41, 5.74) is 1.17. The number of ether oxygens (including phenoxy) is 1. The lowest BCUT2D eigenvalue weighted by atomic mass is 10.0. The summed E-state index contributed by atoms with van der Waals surface area (Å²) in [5.74, 6) is 1.19. The molecule has 2 fully saturated rings. The Morgan fingerprint density at radius 3 is 2.67 bits per heavy atom. The van der Waals surface area contributed by atoms with Crippen LogP contribution in [0, 0.1) is 0 Å². The largest absolute Gasteiger partial charge is 0.496 e. The van der Waals surface area contributed by atoms with Crippen molar-refractivity contribution >= 4 is 5.91 Å². The van der Waals surface area contributed by atoms with E-state index in [1.54, 1.807) is 7.11 Å². The molecule has 1 aromatic carbocycles. The number of para-hydroxylation sites is 1. The molecule has 0 aliphatic carbocycles. The van der Waals surface area contributed by atoms with E-state index in [-0.39, 0.29) is 11.9 Å². The summed E-state index contributed by atoms with van der Waals surface area (Å²) in [7, 11) is 3.84. The smallest absolute Gasteiger partial charge is 0.223 e. The van der Waals surface area contributed by atoms with Gasteiger partial charge in [0.05, 0.1) is 13.2 Å². The van der Waals surface area contributed by atoms with E-state index in [1.807, 2.05) is 23.1 Å². The molecular formula is C19H29N3O2. The number of hydrogen-bond donors (Lipinski definition) is 0. The summed E-state index contributed by atoms with van der Waals surface area (Å²) in [5, 5.41) is 0. The maximum absolute atomic E-state index is 12.6. The second-order valence-corrected chi connectivity index (χ2v) is 6.88. The van der Waals surface area contributed by atoms with Crippen LogP contribution in [0.5, 0.6) is 5.75 Å². The zero-order chi connectivity index (χ0) is 16.9. The molecule has 1 aromatic rings. The Bertz CT molecular complexity index is 557. The van der Waals surface area contributed by atoms with Gasteiger partial charge in [0.1, 0.15) is 5.75 Å². The Hall–Kier alpha value is -1.59. The summed E-state index contributed by atoms with van der Waals surface area (Å²) in [6, 6.07) is 8.34. The van der Waals surface area contributed by atoms with Crippen molar-refractivity contribution in [1.29, 1.82) is 0 Å². The van der Waals surface area contributed by atoms with Crippen molar-refractivity contribution in [1.82, 2.24) is 14.7 Å². The van der Waals surface area contributed by atoms with E-state index < -0.39 is 0 Å². The fourth-order valence-electron chi connectivity index (χ4n) is 3.80. The number of likely N-dealkylation sites (tertiary alicyclic amines) is 1. The van der Waals surface area contributed by atoms with E-state index >= 15 is 0 Å². The molecule has 1 amide bonds. The minimum absolute atomic E-state index is 0.200. The number of amides is 1. The normalized spacial score (nSPS) is 22.8. The quantitative estimate of drug-likeness (QED) is 0.827. The average Bonchev–Trinajstić information content (AvgIpc) is 3.13. The fourth-order valence-corrected chi connectivity index (χ4v) is 3.80. The van der Waals surface area contributed by atoms with Crippen LogP contribution in [0.15, 0.2) is 24.3 Å². The number of carbonyl (C=O) groups is 1. The zero-order valence-corrected chi connectivity index (χ0v) is 14.9. The Labute approximate surface area is 145 Å². The van der Waals surface area contributed by atoms with Gasteiger partial charge in [0, 0.05) is 38.2 Å². The third-order valence-electron chi connectivity index (χ3n) is 5.34. The lowest BCUT2D eigenvalue weighted by molar-refractivity contribution is -0.134. The molecule has 0 N–H and O–H groups in total. The van der Waals surface area contributed by atoms with E-state index in [2.05, 4.69) is 22.9 Å². The second-order valence-electron chi connectivity index (χ2n) is 6.88. The van der Waals surface area contributed by atoms with Gasteiger partial charge in [-0.05, 0) is 39.0 Å². The molecular weight excluding hydrogens is 302 g/mol. The molecule has 0 bridgehead atoms. The molecule has 132 valence electrons. The van der Waals surface area contributed by atoms with Gasteiger partial charge in [0.15, 0.2) is 0 Å². The average molecular weight is 331 g/mol. The van der Waals surface area contributed by atoms with Gasteiger partial charge in [-0.1, -0.05) is 18.2 Å². The van der Waals surface area contributed by atoms with Crippen molar-refractivity contribution in [2.45, 2.75) is 25.3 Å². The standard InChI is InChI=1S/C19H29N3O2/c1-20-13-14-22(19(23)9-12-21-10-5-6-11-21)15-17(20)16-7-3-4-8-18(16)24-2/h3-4,7-8,17H,5-6,9-15H2,1-2H3/t17-/m1/s1. The van der Waals surface area contributed by atoms with E-state index in [9.17, 15) is 4.79 Å². The van der Waals surface area contributed by atoms with Crippen molar-refractivity contribution in [2.75, 3.05) is 53.4 Å². The number of methoxy groups -OCH3 is 1. The van der Waals surface area contributed by atoms with Gasteiger partial charge in [-0.15, -0.1) is 0 Å². The molecule has 0 saturated carbocycles. The maximum atomic E-state index is 12.6. The summed E-state index contributed by atoms with van der Waals surface area (Å²) in [6.07, 6.45) is 3.19. The van der Waals surface area contributed by atoms with Crippen molar-refractivity contribution in [2.24, 2.45) is 0 Å². The second kappa shape index (κ2) is 7.99. The zero-order valence-electron chi connectivity index (χ0n) is 14.9. The van der Waals surface area contributed by atoms with Gasteiger partial charge in [-0.3, -0.25) is 9.69 Å². The van der Waals surface area contributed by atoms with Crippen LogP contribution in [0.1, 0.15) is 30.9 Å². The number of benzene rings is 1. The number of rotatable bonds is 5. The molecule has 0 aromatic heterocycles. The van der Waals surface area contributed by atoms with Gasteiger partial charge in [-0.25, -0.2) is 0 Å². The van der Waals surface area contributed by atoms with E-state index in [4.69, 9.17) is 4.74 Å². The number of nitrogens with zero attached hydrogens (tertiary/aromatic N) is 3. The molecule has 5 nitrogen and oxygen atoms in total. The molecule has 2 heterocycles. The highest BCUT2D eigenvalue weighted by Crippen LogP contribution is 2.31. The van der Waals surface area contributed by atoms with Gasteiger partial charge in [0.2, 0.25) is 5.91 Å². The summed E-state index contributed by atoms with van der Waals surface area (Å²) >= 11 is 0. The highest BCUT2D eigenvalue weighted by molar-refractivity contribution is 5.76. The van der Waals surface area contributed by atoms with Crippen LogP contribution in [0.4, 0.5) is 0 Å². The van der Waals surface area contributed by atoms with E-state index in [0.717, 1.165) is 45.0 Å². The van der Waals surface area contributed by atoms with Crippen LogP contribution in [-0.4, -0.2) is 74.0 Å². The Morgan fingerprint density at radius 2 is 1.92 bits per heavy atom. The monoisotopic (exact) mass is 331 g/mol. The maximum Gasteiger partial charge on any atom is 0.223 e. The van der Waals surface area contributed by atoms with E-state index in [0.29, 0.717) is 6.42 Å². The van der Waals surface area contributed by atoms with E-state index in [1.165, 1.54) is 18.4 Å². The van der Waals surface area contributed by atoms with Crippen LogP contribution < -0.4 is 4.74 Å². The van der Waals surface area contributed by atoms with Gasteiger partial charge < -0.3 is 14.5 Å². The third kappa shape index (κ3) is 3.90. The van der Waals surface area contributed by atoms with Crippen LogP contribution in [0.2, 0.25) is 0 Å². The Morgan fingerprint density at radius 1 is 1.17 bits per heavy atom. The number of hydrogen-bond acceptors (Lipinski definition) is 4. The SMILES string of the molecule is COc1ccccc1[C@H]1CN(C(=O)CCN2CCCC2)CCN1C. The van der Waals surface area contributed by atoms with Crippen molar-refractivity contribution in [3.63, 3.8) is 0 Å². The molecule has 3 rings (SSSR count). The first-order chi connectivity index (χ1) is 11.7. The predicted octanol–water partition coefficient (Wildman–Crippen LogP) is 2.00. The Kier molecular flexibility index (Phi) is 5.74. The summed E-state index contributed by atoms with van der Waals surface area (Å²) in [6.45, 7) is 5.68. The minimum atomic E-state index is 0.200. The number of carbonyl (C=O) groups excluding carboxylic acids is 1. The van der Waals surface area contributed by atoms with Gasteiger partial charge in [-0.2, -0.15) is 0 Å².